The van der Waals surface area contributed by atoms with Crippen molar-refractivity contribution in [1.82, 2.24) is 4.90 Å². The molecule has 5 heteroatoms. The monoisotopic (exact) mass is 330 g/mol. The maximum absolute atomic E-state index is 12.7. The van der Waals surface area contributed by atoms with Gasteiger partial charge in [0.1, 0.15) is 0 Å². The normalized spacial score (nSPS) is 11.7. The number of nitrogens with zero attached hydrogens (tertiary/aromatic N) is 1. The van der Waals surface area contributed by atoms with E-state index in [1.807, 2.05) is 25.1 Å². The van der Waals surface area contributed by atoms with Gasteiger partial charge in [-0.25, -0.2) is 0 Å². The van der Waals surface area contributed by atoms with Gasteiger partial charge in [0.25, 0.3) is 5.91 Å². The van der Waals surface area contributed by atoms with Gasteiger partial charge in [0.2, 0.25) is 5.91 Å². The van der Waals surface area contributed by atoms with Gasteiger partial charge in [0.15, 0.2) is 0 Å². The summed E-state index contributed by atoms with van der Waals surface area (Å²) >= 11 is 6.02. The first-order valence-electron chi connectivity index (χ1n) is 7.29. The lowest BCUT2D eigenvalue weighted by Crippen LogP contribution is -2.29. The molecule has 0 saturated carbocycles. The van der Waals surface area contributed by atoms with Crippen molar-refractivity contribution in [2.75, 3.05) is 12.4 Å². The predicted octanol–water partition coefficient (Wildman–Crippen LogP) is 4.13. The molecule has 1 atom stereocenters. The lowest BCUT2D eigenvalue weighted by molar-refractivity contribution is -0.114. The van der Waals surface area contributed by atoms with E-state index in [0.29, 0.717) is 16.3 Å². The van der Waals surface area contributed by atoms with Gasteiger partial charge in [0.05, 0.1) is 6.04 Å². The highest BCUT2D eigenvalue weighted by Crippen LogP contribution is 2.24. The number of nitrogens with one attached hydrogen (secondary N) is 1. The molecule has 23 heavy (non-hydrogen) atoms. The number of benzene rings is 2. The molecule has 2 aromatic rings. The van der Waals surface area contributed by atoms with Crippen molar-refractivity contribution in [1.29, 1.82) is 0 Å². The number of halogens is 1. The summed E-state index contributed by atoms with van der Waals surface area (Å²) in [5.41, 5.74) is 2.09. The van der Waals surface area contributed by atoms with Crippen LogP contribution in [-0.4, -0.2) is 23.8 Å². The van der Waals surface area contributed by atoms with Crippen molar-refractivity contribution >= 4 is 29.1 Å². The summed E-state index contributed by atoms with van der Waals surface area (Å²) in [6.45, 7) is 3.38. The third-order valence-corrected chi connectivity index (χ3v) is 3.90. The number of anilines is 1. The van der Waals surface area contributed by atoms with Crippen molar-refractivity contribution < 1.29 is 9.59 Å². The van der Waals surface area contributed by atoms with Gasteiger partial charge in [-0.1, -0.05) is 29.8 Å². The van der Waals surface area contributed by atoms with Crippen LogP contribution in [0.2, 0.25) is 5.02 Å². The van der Waals surface area contributed by atoms with E-state index in [1.165, 1.54) is 6.92 Å². The van der Waals surface area contributed by atoms with Crippen LogP contribution in [0.15, 0.2) is 48.5 Å². The molecular weight excluding hydrogens is 312 g/mol. The summed E-state index contributed by atoms with van der Waals surface area (Å²) in [5.74, 6) is -0.292. The maximum atomic E-state index is 12.7. The zero-order valence-electron chi connectivity index (χ0n) is 13.3. The largest absolute Gasteiger partial charge is 0.335 e. The number of hydrogen-bond acceptors (Lipinski definition) is 2. The molecule has 120 valence electrons. The fourth-order valence-electron chi connectivity index (χ4n) is 2.30. The highest BCUT2D eigenvalue weighted by molar-refractivity contribution is 6.30. The lowest BCUT2D eigenvalue weighted by Gasteiger charge is -2.25. The Bertz CT molecular complexity index is 730. The number of amides is 2. The van der Waals surface area contributed by atoms with Crippen LogP contribution in [0.5, 0.6) is 0 Å². The molecule has 0 bridgehead atoms. The van der Waals surface area contributed by atoms with E-state index in [4.69, 9.17) is 11.6 Å². The highest BCUT2D eigenvalue weighted by Gasteiger charge is 2.19. The van der Waals surface area contributed by atoms with E-state index in [1.54, 1.807) is 42.3 Å². The van der Waals surface area contributed by atoms with Crippen LogP contribution in [0.4, 0.5) is 5.69 Å². The molecule has 4 nitrogen and oxygen atoms in total. The Morgan fingerprint density at radius 1 is 1.13 bits per heavy atom. The maximum Gasteiger partial charge on any atom is 0.254 e. The zero-order valence-corrected chi connectivity index (χ0v) is 14.1. The van der Waals surface area contributed by atoms with E-state index >= 15 is 0 Å². The van der Waals surface area contributed by atoms with Crippen LogP contribution in [0.1, 0.15) is 35.8 Å². The first kappa shape index (κ1) is 17.0. The van der Waals surface area contributed by atoms with Crippen LogP contribution in [0.25, 0.3) is 0 Å². The zero-order chi connectivity index (χ0) is 17.0. The summed E-state index contributed by atoms with van der Waals surface area (Å²) in [5, 5.41) is 3.32. The van der Waals surface area contributed by atoms with E-state index in [9.17, 15) is 9.59 Å². The molecule has 0 saturated heterocycles. The molecule has 1 unspecified atom stereocenters. The quantitative estimate of drug-likeness (QED) is 0.916. The van der Waals surface area contributed by atoms with Gasteiger partial charge in [-0.15, -0.1) is 0 Å². The molecule has 0 heterocycles. The summed E-state index contributed by atoms with van der Waals surface area (Å²) in [4.78, 5) is 25.4. The van der Waals surface area contributed by atoms with Crippen LogP contribution in [-0.2, 0) is 4.79 Å². The Hall–Kier alpha value is -2.33. The van der Waals surface area contributed by atoms with Gasteiger partial charge in [0, 0.05) is 30.2 Å². The molecule has 2 rings (SSSR count). The Balaban J connectivity index is 2.20. The van der Waals surface area contributed by atoms with Gasteiger partial charge >= 0.3 is 0 Å². The molecule has 0 spiro atoms. The molecule has 0 aliphatic carbocycles. The van der Waals surface area contributed by atoms with Crippen LogP contribution >= 0.6 is 11.6 Å². The summed E-state index contributed by atoms with van der Waals surface area (Å²) in [7, 11) is 1.75. The molecule has 2 amide bonds. The average molecular weight is 331 g/mol. The van der Waals surface area contributed by atoms with Crippen LogP contribution in [0, 0.1) is 0 Å². The van der Waals surface area contributed by atoms with Crippen molar-refractivity contribution in [2.45, 2.75) is 19.9 Å². The minimum Gasteiger partial charge on any atom is -0.335 e. The van der Waals surface area contributed by atoms with Crippen LogP contribution < -0.4 is 5.32 Å². The number of hydrogen-bond donors (Lipinski definition) is 1. The second kappa shape index (κ2) is 7.29. The molecule has 2 aromatic carbocycles. The fraction of sp³-hybridized carbons (Fsp3) is 0.222. The van der Waals surface area contributed by atoms with Gasteiger partial charge in [-0.3, -0.25) is 9.59 Å². The standard InChI is InChI=1S/C18H19ClN2O2/c1-12(14-6-4-8-16(19)10-14)21(3)18(23)15-7-5-9-17(11-15)20-13(2)22/h4-12H,1-3H3,(H,20,22). The Kier molecular flexibility index (Phi) is 5.40. The Morgan fingerprint density at radius 3 is 2.48 bits per heavy atom. The lowest BCUT2D eigenvalue weighted by atomic mass is 10.1. The van der Waals surface area contributed by atoms with Crippen molar-refractivity contribution in [3.05, 3.63) is 64.7 Å². The third kappa shape index (κ3) is 4.33. The molecule has 0 aliphatic heterocycles. The van der Waals surface area contributed by atoms with E-state index in [-0.39, 0.29) is 17.9 Å². The van der Waals surface area contributed by atoms with Gasteiger partial charge in [-0.05, 0) is 42.8 Å². The second-order valence-corrected chi connectivity index (χ2v) is 5.85. The van der Waals surface area contributed by atoms with Crippen molar-refractivity contribution in [3.63, 3.8) is 0 Å². The molecular formula is C18H19ClN2O2. The van der Waals surface area contributed by atoms with E-state index in [2.05, 4.69) is 5.32 Å². The molecule has 0 fully saturated rings. The Morgan fingerprint density at radius 2 is 1.83 bits per heavy atom. The SMILES string of the molecule is CC(=O)Nc1cccc(C(=O)N(C)C(C)c2cccc(Cl)c2)c1. The molecule has 0 aromatic heterocycles. The molecule has 0 aliphatic rings. The minimum atomic E-state index is -0.171. The molecule has 0 radical (unpaired) electrons. The van der Waals surface area contributed by atoms with Gasteiger partial charge in [-0.2, -0.15) is 0 Å². The first-order chi connectivity index (χ1) is 10.9. The van der Waals surface area contributed by atoms with E-state index < -0.39 is 0 Å². The van der Waals surface area contributed by atoms with E-state index in [0.717, 1.165) is 5.56 Å². The van der Waals surface area contributed by atoms with Crippen molar-refractivity contribution in [3.8, 4) is 0 Å². The van der Waals surface area contributed by atoms with Crippen molar-refractivity contribution in [2.24, 2.45) is 0 Å². The smallest absolute Gasteiger partial charge is 0.254 e. The first-order valence-corrected chi connectivity index (χ1v) is 7.66. The topological polar surface area (TPSA) is 49.4 Å². The second-order valence-electron chi connectivity index (χ2n) is 5.41. The predicted molar refractivity (Wildman–Crippen MR) is 92.7 cm³/mol. The summed E-state index contributed by atoms with van der Waals surface area (Å²) in [6, 6.07) is 14.2. The molecule has 1 N–H and O–H groups in total. The fourth-order valence-corrected chi connectivity index (χ4v) is 2.50. The third-order valence-electron chi connectivity index (χ3n) is 3.66. The number of carbonyl (C=O) groups is 2. The van der Waals surface area contributed by atoms with Crippen LogP contribution in [0.3, 0.4) is 0 Å². The minimum absolute atomic E-state index is 0.120. The Labute approximate surface area is 141 Å². The average Bonchev–Trinajstić information content (AvgIpc) is 2.52. The van der Waals surface area contributed by atoms with Gasteiger partial charge < -0.3 is 10.2 Å². The number of carbonyl (C=O) groups excluding carboxylic acids is 2. The highest BCUT2D eigenvalue weighted by atomic mass is 35.5. The summed E-state index contributed by atoms with van der Waals surface area (Å²) in [6.07, 6.45) is 0. The summed E-state index contributed by atoms with van der Waals surface area (Å²) < 4.78 is 0. The number of rotatable bonds is 4.